The number of hydrogen-bond acceptors (Lipinski definition) is 3. The fourth-order valence-corrected chi connectivity index (χ4v) is 3.50. The minimum Gasteiger partial charge on any atom is -0.361 e. The van der Waals surface area contributed by atoms with Crippen molar-refractivity contribution in [1.29, 1.82) is 0 Å². The molecular weight excluding hydrogens is 322 g/mol. The molecule has 0 spiro atoms. The maximum absolute atomic E-state index is 5.59. The molecule has 4 heteroatoms. The van der Waals surface area contributed by atoms with Crippen molar-refractivity contribution >= 4 is 10.9 Å². The molecule has 0 aliphatic carbocycles. The van der Waals surface area contributed by atoms with Crippen LogP contribution in [0.3, 0.4) is 0 Å². The molecule has 0 amide bonds. The molecule has 0 aliphatic rings. The van der Waals surface area contributed by atoms with Crippen LogP contribution in [0.15, 0.2) is 53.2 Å². The average molecular weight is 345 g/mol. The number of aromatic nitrogens is 3. The number of aromatic amines is 1. The summed E-state index contributed by atoms with van der Waals surface area (Å²) in [4.78, 5) is 7.89. The molecule has 1 N–H and O–H groups in total. The van der Waals surface area contributed by atoms with E-state index in [2.05, 4.69) is 47.2 Å². The summed E-state index contributed by atoms with van der Waals surface area (Å²) in [5.74, 6) is 1.20. The Morgan fingerprint density at radius 2 is 1.81 bits per heavy atom. The summed E-state index contributed by atoms with van der Waals surface area (Å²) in [6.45, 7) is 4.43. The van der Waals surface area contributed by atoms with Gasteiger partial charge in [-0.3, -0.25) is 0 Å². The SMILES string of the molecule is CCCc1ccc(-c2nc(-c3cccc4[nH]ccc34)no2)cc1CCC. The number of nitrogens with zero attached hydrogens (tertiary/aromatic N) is 2. The first-order chi connectivity index (χ1) is 12.8. The topological polar surface area (TPSA) is 54.7 Å². The van der Waals surface area contributed by atoms with Gasteiger partial charge in [-0.2, -0.15) is 4.98 Å². The van der Waals surface area contributed by atoms with E-state index in [4.69, 9.17) is 4.52 Å². The van der Waals surface area contributed by atoms with Crippen molar-refractivity contribution in [2.45, 2.75) is 39.5 Å². The predicted octanol–water partition coefficient (Wildman–Crippen LogP) is 5.79. The molecule has 132 valence electrons. The van der Waals surface area contributed by atoms with E-state index in [1.807, 2.05) is 30.5 Å². The minimum atomic E-state index is 0.577. The summed E-state index contributed by atoms with van der Waals surface area (Å²) in [6.07, 6.45) is 6.40. The van der Waals surface area contributed by atoms with Crippen molar-refractivity contribution in [2.24, 2.45) is 0 Å². The van der Waals surface area contributed by atoms with Gasteiger partial charge in [-0.25, -0.2) is 0 Å². The number of fused-ring (bicyclic) bond motifs is 1. The predicted molar refractivity (Wildman–Crippen MR) is 105 cm³/mol. The smallest absolute Gasteiger partial charge is 0.258 e. The van der Waals surface area contributed by atoms with Gasteiger partial charge in [0.1, 0.15) is 0 Å². The second-order valence-electron chi connectivity index (χ2n) is 6.65. The van der Waals surface area contributed by atoms with Crippen molar-refractivity contribution in [3.8, 4) is 22.8 Å². The first-order valence-corrected chi connectivity index (χ1v) is 9.32. The Balaban J connectivity index is 1.72. The molecule has 0 unspecified atom stereocenters. The Hall–Kier alpha value is -2.88. The highest BCUT2D eigenvalue weighted by Gasteiger charge is 2.14. The lowest BCUT2D eigenvalue weighted by atomic mass is 9.97. The van der Waals surface area contributed by atoms with E-state index in [1.54, 1.807) is 0 Å². The van der Waals surface area contributed by atoms with Crippen LogP contribution in [0.2, 0.25) is 0 Å². The highest BCUT2D eigenvalue weighted by molar-refractivity contribution is 5.93. The maximum atomic E-state index is 5.59. The van der Waals surface area contributed by atoms with Gasteiger partial charge in [0, 0.05) is 28.2 Å². The van der Waals surface area contributed by atoms with E-state index in [-0.39, 0.29) is 0 Å². The molecule has 0 radical (unpaired) electrons. The van der Waals surface area contributed by atoms with Crippen LogP contribution in [0.1, 0.15) is 37.8 Å². The van der Waals surface area contributed by atoms with Crippen molar-refractivity contribution < 1.29 is 4.52 Å². The molecule has 26 heavy (non-hydrogen) atoms. The van der Waals surface area contributed by atoms with Gasteiger partial charge in [0.25, 0.3) is 5.89 Å². The second kappa shape index (κ2) is 7.16. The number of hydrogen-bond donors (Lipinski definition) is 1. The Labute approximate surface area is 153 Å². The van der Waals surface area contributed by atoms with E-state index < -0.39 is 0 Å². The van der Waals surface area contributed by atoms with Crippen LogP contribution >= 0.6 is 0 Å². The molecule has 0 saturated carbocycles. The molecule has 4 aromatic rings. The zero-order valence-corrected chi connectivity index (χ0v) is 15.2. The van der Waals surface area contributed by atoms with Gasteiger partial charge < -0.3 is 9.51 Å². The third kappa shape index (κ3) is 3.03. The van der Waals surface area contributed by atoms with Gasteiger partial charge in [0.2, 0.25) is 5.82 Å². The molecule has 4 nitrogen and oxygen atoms in total. The van der Waals surface area contributed by atoms with Crippen molar-refractivity contribution in [1.82, 2.24) is 15.1 Å². The number of rotatable bonds is 6. The van der Waals surface area contributed by atoms with Gasteiger partial charge in [-0.05, 0) is 48.2 Å². The molecule has 0 bridgehead atoms. The fraction of sp³-hybridized carbons (Fsp3) is 0.273. The van der Waals surface area contributed by atoms with Crippen molar-refractivity contribution in [2.75, 3.05) is 0 Å². The van der Waals surface area contributed by atoms with Crippen LogP contribution in [0.4, 0.5) is 0 Å². The van der Waals surface area contributed by atoms with E-state index in [0.717, 1.165) is 47.7 Å². The largest absolute Gasteiger partial charge is 0.361 e. The zero-order valence-electron chi connectivity index (χ0n) is 15.2. The highest BCUT2D eigenvalue weighted by atomic mass is 16.5. The molecule has 2 heterocycles. The monoisotopic (exact) mass is 345 g/mol. The first-order valence-electron chi connectivity index (χ1n) is 9.32. The van der Waals surface area contributed by atoms with Gasteiger partial charge in [0.15, 0.2) is 0 Å². The highest BCUT2D eigenvalue weighted by Crippen LogP contribution is 2.29. The molecule has 4 rings (SSSR count). The zero-order chi connectivity index (χ0) is 17.9. The lowest BCUT2D eigenvalue weighted by Gasteiger charge is -2.09. The van der Waals surface area contributed by atoms with Gasteiger partial charge in [-0.15, -0.1) is 0 Å². The van der Waals surface area contributed by atoms with Gasteiger partial charge in [-0.1, -0.05) is 50.0 Å². The molecular formula is C22H23N3O. The standard InChI is InChI=1S/C22H23N3O/c1-3-6-15-10-11-17(14-16(15)7-4-2)22-24-21(25-26-22)19-8-5-9-20-18(19)12-13-23-20/h5,8-14,23H,3-4,6-7H2,1-2H3. The summed E-state index contributed by atoms with van der Waals surface area (Å²) < 4.78 is 5.59. The Kier molecular flexibility index (Phi) is 4.57. The van der Waals surface area contributed by atoms with Crippen LogP contribution in [-0.2, 0) is 12.8 Å². The maximum Gasteiger partial charge on any atom is 0.258 e. The van der Waals surface area contributed by atoms with E-state index in [9.17, 15) is 0 Å². The number of H-pyrrole nitrogens is 1. The van der Waals surface area contributed by atoms with Crippen LogP contribution in [0.5, 0.6) is 0 Å². The third-order valence-corrected chi connectivity index (χ3v) is 4.75. The summed E-state index contributed by atoms with van der Waals surface area (Å²) in [5, 5.41) is 5.33. The lowest BCUT2D eigenvalue weighted by Crippen LogP contribution is -1.95. The van der Waals surface area contributed by atoms with Crippen LogP contribution < -0.4 is 0 Å². The lowest BCUT2D eigenvalue weighted by molar-refractivity contribution is 0.432. The Morgan fingerprint density at radius 1 is 0.962 bits per heavy atom. The second-order valence-corrected chi connectivity index (χ2v) is 6.65. The molecule has 0 aliphatic heterocycles. The Morgan fingerprint density at radius 3 is 2.65 bits per heavy atom. The summed E-state index contributed by atoms with van der Waals surface area (Å²) in [7, 11) is 0. The molecule has 0 atom stereocenters. The quantitative estimate of drug-likeness (QED) is 0.481. The molecule has 2 aromatic carbocycles. The van der Waals surface area contributed by atoms with E-state index in [0.29, 0.717) is 11.7 Å². The average Bonchev–Trinajstić information content (AvgIpc) is 3.33. The number of aryl methyl sites for hydroxylation is 2. The Bertz CT molecular complexity index is 1030. The molecule has 2 aromatic heterocycles. The van der Waals surface area contributed by atoms with Crippen molar-refractivity contribution in [3.63, 3.8) is 0 Å². The number of nitrogens with one attached hydrogen (secondary N) is 1. The van der Waals surface area contributed by atoms with Gasteiger partial charge in [0.05, 0.1) is 0 Å². The van der Waals surface area contributed by atoms with E-state index in [1.165, 1.54) is 11.1 Å². The first kappa shape index (κ1) is 16.6. The molecule has 0 fully saturated rings. The van der Waals surface area contributed by atoms with E-state index >= 15 is 0 Å². The summed E-state index contributed by atoms with van der Waals surface area (Å²) in [5.41, 5.74) is 5.86. The minimum absolute atomic E-state index is 0.577. The van der Waals surface area contributed by atoms with Crippen LogP contribution in [-0.4, -0.2) is 15.1 Å². The molecule has 0 saturated heterocycles. The normalized spacial score (nSPS) is 11.3. The third-order valence-electron chi connectivity index (χ3n) is 4.75. The van der Waals surface area contributed by atoms with Crippen LogP contribution in [0.25, 0.3) is 33.7 Å². The van der Waals surface area contributed by atoms with Gasteiger partial charge >= 0.3 is 0 Å². The van der Waals surface area contributed by atoms with Crippen LogP contribution in [0, 0.1) is 0 Å². The fourth-order valence-electron chi connectivity index (χ4n) is 3.50. The number of benzene rings is 2. The summed E-state index contributed by atoms with van der Waals surface area (Å²) in [6, 6.07) is 14.6. The summed E-state index contributed by atoms with van der Waals surface area (Å²) >= 11 is 0. The van der Waals surface area contributed by atoms with Crippen molar-refractivity contribution in [3.05, 3.63) is 59.8 Å².